The predicted octanol–water partition coefficient (Wildman–Crippen LogP) is 3.56. The van der Waals surface area contributed by atoms with E-state index >= 15 is 0 Å². The van der Waals surface area contributed by atoms with Crippen LogP contribution in [0, 0.1) is 5.92 Å². The van der Waals surface area contributed by atoms with Crippen LogP contribution in [0.25, 0.3) is 10.9 Å². The van der Waals surface area contributed by atoms with Gasteiger partial charge in [0.1, 0.15) is 5.56 Å². The first-order valence-electron chi connectivity index (χ1n) is 7.47. The molecule has 21 heavy (non-hydrogen) atoms. The lowest BCUT2D eigenvalue weighted by Gasteiger charge is -2.31. The normalized spacial score (nSPS) is 18.6. The van der Waals surface area contributed by atoms with Crippen molar-refractivity contribution in [1.29, 1.82) is 0 Å². The Bertz CT molecular complexity index is 682. The van der Waals surface area contributed by atoms with E-state index in [0.29, 0.717) is 17.5 Å². The zero-order chi connectivity index (χ0) is 15.0. The third kappa shape index (κ3) is 2.35. The van der Waals surface area contributed by atoms with Crippen molar-refractivity contribution in [3.63, 3.8) is 0 Å². The molecule has 1 aliphatic rings. The van der Waals surface area contributed by atoms with Crippen molar-refractivity contribution in [2.24, 2.45) is 5.92 Å². The molecule has 0 spiro atoms. The van der Waals surface area contributed by atoms with Crippen LogP contribution in [-0.4, -0.2) is 28.6 Å². The molecule has 0 saturated carbocycles. The van der Waals surface area contributed by atoms with E-state index in [2.05, 4.69) is 23.7 Å². The lowest BCUT2D eigenvalue weighted by Crippen LogP contribution is -2.34. The first kappa shape index (κ1) is 13.9. The highest BCUT2D eigenvalue weighted by Gasteiger charge is 2.31. The second-order valence-corrected chi connectivity index (χ2v) is 5.99. The number of hydrogen-bond donors (Lipinski definition) is 1. The number of carboxylic acid groups (broad SMARTS) is 1. The van der Waals surface area contributed by atoms with Crippen molar-refractivity contribution in [3.8, 4) is 0 Å². The minimum Gasteiger partial charge on any atom is -0.478 e. The van der Waals surface area contributed by atoms with Gasteiger partial charge in [0.2, 0.25) is 0 Å². The third-order valence-corrected chi connectivity index (χ3v) is 4.33. The maximum atomic E-state index is 11.6. The molecule has 4 nitrogen and oxygen atoms in total. The van der Waals surface area contributed by atoms with E-state index in [1.54, 1.807) is 0 Å². The molecule has 1 fully saturated rings. The van der Waals surface area contributed by atoms with E-state index in [-0.39, 0.29) is 0 Å². The average molecular weight is 284 g/mol. The van der Waals surface area contributed by atoms with E-state index in [9.17, 15) is 9.90 Å². The summed E-state index contributed by atoms with van der Waals surface area (Å²) in [5.74, 6) is -0.404. The van der Waals surface area contributed by atoms with Gasteiger partial charge < -0.3 is 10.0 Å². The maximum Gasteiger partial charge on any atom is 0.339 e. The molecule has 4 heteroatoms. The number of carboxylic acids is 1. The Kier molecular flexibility index (Phi) is 3.53. The minimum atomic E-state index is -0.905. The molecule has 0 bridgehead atoms. The van der Waals surface area contributed by atoms with Gasteiger partial charge in [0.25, 0.3) is 0 Å². The van der Waals surface area contributed by atoms with Gasteiger partial charge in [-0.2, -0.15) is 0 Å². The van der Waals surface area contributed by atoms with E-state index in [1.165, 1.54) is 6.20 Å². The molecule has 2 heterocycles. The van der Waals surface area contributed by atoms with Crippen LogP contribution in [0.3, 0.4) is 0 Å². The second kappa shape index (κ2) is 5.35. The summed E-state index contributed by atoms with van der Waals surface area (Å²) in [7, 11) is 0. The number of para-hydroxylation sites is 1. The van der Waals surface area contributed by atoms with Crippen molar-refractivity contribution >= 4 is 22.6 Å². The average Bonchev–Trinajstić information content (AvgIpc) is 2.95. The van der Waals surface area contributed by atoms with Gasteiger partial charge in [-0.15, -0.1) is 0 Å². The number of aromatic carboxylic acids is 1. The Labute approximate surface area is 124 Å². The molecular formula is C17H20N2O2. The summed E-state index contributed by atoms with van der Waals surface area (Å²) >= 11 is 0. The summed E-state index contributed by atoms with van der Waals surface area (Å²) in [4.78, 5) is 18.2. The zero-order valence-corrected chi connectivity index (χ0v) is 12.4. The first-order valence-corrected chi connectivity index (χ1v) is 7.47. The van der Waals surface area contributed by atoms with Gasteiger partial charge in [0.05, 0.1) is 11.2 Å². The van der Waals surface area contributed by atoms with Crippen LogP contribution in [-0.2, 0) is 0 Å². The number of fused-ring (bicyclic) bond motifs is 1. The summed E-state index contributed by atoms with van der Waals surface area (Å²) in [6, 6.07) is 8.18. The fourth-order valence-corrected chi connectivity index (χ4v) is 3.36. The number of pyridine rings is 1. The molecule has 1 aliphatic heterocycles. The van der Waals surface area contributed by atoms with Crippen LogP contribution < -0.4 is 4.90 Å². The van der Waals surface area contributed by atoms with E-state index in [1.807, 2.05) is 24.3 Å². The van der Waals surface area contributed by atoms with Crippen LogP contribution in [0.4, 0.5) is 5.69 Å². The molecule has 1 aromatic carbocycles. The molecule has 2 aromatic rings. The topological polar surface area (TPSA) is 53.4 Å². The van der Waals surface area contributed by atoms with Crippen molar-refractivity contribution in [3.05, 3.63) is 36.0 Å². The standard InChI is InChI=1S/C17H20N2O2/c1-11(2)15-8-5-9-19(15)16-12-6-3-4-7-14(12)18-10-13(16)17(20)21/h3-4,6-7,10-11,15H,5,8-9H2,1-2H3,(H,20,21). The number of benzene rings is 1. The summed E-state index contributed by atoms with van der Waals surface area (Å²) < 4.78 is 0. The summed E-state index contributed by atoms with van der Waals surface area (Å²) in [5.41, 5.74) is 2.00. The largest absolute Gasteiger partial charge is 0.478 e. The summed E-state index contributed by atoms with van der Waals surface area (Å²) in [6.45, 7) is 5.32. The van der Waals surface area contributed by atoms with Gasteiger partial charge in [-0.05, 0) is 24.8 Å². The SMILES string of the molecule is CC(C)C1CCCN1c1c(C(=O)O)cnc2ccccc12. The number of nitrogens with zero attached hydrogens (tertiary/aromatic N) is 2. The number of hydrogen-bond acceptors (Lipinski definition) is 3. The number of aromatic nitrogens is 1. The van der Waals surface area contributed by atoms with Gasteiger partial charge in [-0.3, -0.25) is 4.98 Å². The quantitative estimate of drug-likeness (QED) is 0.936. The molecule has 0 aliphatic carbocycles. The molecule has 1 atom stereocenters. The fourth-order valence-electron chi connectivity index (χ4n) is 3.36. The Balaban J connectivity index is 2.23. The van der Waals surface area contributed by atoms with Gasteiger partial charge in [-0.1, -0.05) is 32.0 Å². The summed E-state index contributed by atoms with van der Waals surface area (Å²) in [5, 5.41) is 10.5. The first-order chi connectivity index (χ1) is 10.1. The van der Waals surface area contributed by atoms with E-state index < -0.39 is 5.97 Å². The van der Waals surface area contributed by atoms with Crippen LogP contribution >= 0.6 is 0 Å². The lowest BCUT2D eigenvalue weighted by atomic mass is 10.00. The molecule has 1 aromatic heterocycles. The molecule has 0 amide bonds. The highest BCUT2D eigenvalue weighted by Crippen LogP contribution is 2.36. The van der Waals surface area contributed by atoms with Crippen LogP contribution in [0.1, 0.15) is 37.0 Å². The fraction of sp³-hybridized carbons (Fsp3) is 0.412. The van der Waals surface area contributed by atoms with Crippen LogP contribution in [0.15, 0.2) is 30.5 Å². The van der Waals surface area contributed by atoms with Gasteiger partial charge in [-0.25, -0.2) is 4.79 Å². The highest BCUT2D eigenvalue weighted by molar-refractivity contribution is 6.04. The summed E-state index contributed by atoms with van der Waals surface area (Å²) in [6.07, 6.45) is 3.72. The minimum absolute atomic E-state index is 0.307. The van der Waals surface area contributed by atoms with E-state index in [0.717, 1.165) is 36.0 Å². The second-order valence-electron chi connectivity index (χ2n) is 5.99. The highest BCUT2D eigenvalue weighted by atomic mass is 16.4. The molecule has 1 N–H and O–H groups in total. The monoisotopic (exact) mass is 284 g/mol. The van der Waals surface area contributed by atoms with Crippen molar-refractivity contribution in [2.75, 3.05) is 11.4 Å². The molecule has 110 valence electrons. The van der Waals surface area contributed by atoms with Gasteiger partial charge in [0, 0.05) is 24.2 Å². The van der Waals surface area contributed by atoms with Crippen molar-refractivity contribution < 1.29 is 9.90 Å². The molecule has 1 saturated heterocycles. The Morgan fingerprint density at radius 1 is 1.38 bits per heavy atom. The molecule has 1 unspecified atom stereocenters. The number of rotatable bonds is 3. The Morgan fingerprint density at radius 2 is 2.14 bits per heavy atom. The zero-order valence-electron chi connectivity index (χ0n) is 12.4. The van der Waals surface area contributed by atoms with Crippen LogP contribution in [0.2, 0.25) is 0 Å². The Morgan fingerprint density at radius 3 is 2.86 bits per heavy atom. The smallest absolute Gasteiger partial charge is 0.339 e. The number of anilines is 1. The number of carbonyl (C=O) groups is 1. The van der Waals surface area contributed by atoms with Crippen molar-refractivity contribution in [2.45, 2.75) is 32.7 Å². The van der Waals surface area contributed by atoms with E-state index in [4.69, 9.17) is 0 Å². The van der Waals surface area contributed by atoms with Crippen molar-refractivity contribution in [1.82, 2.24) is 4.98 Å². The van der Waals surface area contributed by atoms with Gasteiger partial charge in [0.15, 0.2) is 0 Å². The Hall–Kier alpha value is -2.10. The maximum absolute atomic E-state index is 11.6. The molecular weight excluding hydrogens is 264 g/mol. The molecule has 3 rings (SSSR count). The molecule has 0 radical (unpaired) electrons. The predicted molar refractivity (Wildman–Crippen MR) is 83.9 cm³/mol. The van der Waals surface area contributed by atoms with Gasteiger partial charge >= 0.3 is 5.97 Å². The lowest BCUT2D eigenvalue weighted by molar-refractivity contribution is 0.0697. The third-order valence-electron chi connectivity index (χ3n) is 4.33. The van der Waals surface area contributed by atoms with Crippen LogP contribution in [0.5, 0.6) is 0 Å².